The number of hydrogen-bond acceptors (Lipinski definition) is 4. The highest BCUT2D eigenvalue weighted by atomic mass is 19.1. The molecule has 0 fully saturated rings. The molecule has 1 heterocycles. The summed E-state index contributed by atoms with van der Waals surface area (Å²) in [6, 6.07) is 8.12. The zero-order valence-corrected chi connectivity index (χ0v) is 12.8. The van der Waals surface area contributed by atoms with Crippen molar-refractivity contribution in [3.05, 3.63) is 47.5 Å². The third-order valence-electron chi connectivity index (χ3n) is 2.97. The van der Waals surface area contributed by atoms with Crippen molar-refractivity contribution in [2.24, 2.45) is 0 Å². The van der Waals surface area contributed by atoms with Crippen molar-refractivity contribution in [3.63, 3.8) is 0 Å². The second kappa shape index (κ2) is 6.08. The minimum Gasteiger partial charge on any atom is -0.481 e. The van der Waals surface area contributed by atoms with Crippen molar-refractivity contribution in [1.82, 2.24) is 9.97 Å². The van der Waals surface area contributed by atoms with Crippen LogP contribution in [0.2, 0.25) is 0 Å². The van der Waals surface area contributed by atoms with E-state index in [1.807, 2.05) is 20.8 Å². The van der Waals surface area contributed by atoms with Crippen LogP contribution in [0, 0.1) is 5.82 Å². The first kappa shape index (κ1) is 15.2. The summed E-state index contributed by atoms with van der Waals surface area (Å²) >= 11 is 0. The fraction of sp³-hybridized carbons (Fsp3) is 0.375. The molecule has 1 aromatic carbocycles. The van der Waals surface area contributed by atoms with E-state index in [9.17, 15) is 4.39 Å². The lowest BCUT2D eigenvalue weighted by atomic mass is 9.96. The molecule has 0 unspecified atom stereocenters. The molecule has 0 aliphatic carbocycles. The molecule has 0 bridgehead atoms. The van der Waals surface area contributed by atoms with Gasteiger partial charge < -0.3 is 10.1 Å². The number of nitrogens with zero attached hydrogens (tertiary/aromatic N) is 2. The summed E-state index contributed by atoms with van der Waals surface area (Å²) in [4.78, 5) is 8.88. The van der Waals surface area contributed by atoms with Crippen LogP contribution < -0.4 is 10.1 Å². The van der Waals surface area contributed by atoms with Gasteiger partial charge in [-0.3, -0.25) is 0 Å². The number of ether oxygens (including phenoxy) is 1. The molecule has 1 aromatic heterocycles. The molecule has 21 heavy (non-hydrogen) atoms. The van der Waals surface area contributed by atoms with Crippen LogP contribution in [0.15, 0.2) is 30.3 Å². The summed E-state index contributed by atoms with van der Waals surface area (Å²) in [6.45, 7) is 6.70. The van der Waals surface area contributed by atoms with Gasteiger partial charge in [-0.25, -0.2) is 9.37 Å². The molecule has 0 aliphatic heterocycles. The lowest BCUT2D eigenvalue weighted by molar-refractivity contribution is 0.389. The van der Waals surface area contributed by atoms with Crippen LogP contribution in [0.5, 0.6) is 5.88 Å². The minimum absolute atomic E-state index is 0.166. The quantitative estimate of drug-likeness (QED) is 0.935. The average Bonchev–Trinajstić information content (AvgIpc) is 2.45. The van der Waals surface area contributed by atoms with Gasteiger partial charge in [0.1, 0.15) is 17.5 Å². The van der Waals surface area contributed by atoms with E-state index in [1.54, 1.807) is 25.3 Å². The summed E-state index contributed by atoms with van der Waals surface area (Å²) in [6.07, 6.45) is 0. The standard InChI is InChI=1S/C16H20FN3O/c1-16(2,3)15-19-13(9-14(20-15)21-4)18-10-11-5-7-12(17)8-6-11/h5-9H,10H2,1-4H3,(H,18,19,20). The van der Waals surface area contributed by atoms with Crippen LogP contribution in [-0.4, -0.2) is 17.1 Å². The van der Waals surface area contributed by atoms with Crippen molar-refractivity contribution < 1.29 is 9.13 Å². The second-order valence-corrected chi connectivity index (χ2v) is 5.85. The smallest absolute Gasteiger partial charge is 0.218 e. The topological polar surface area (TPSA) is 47.0 Å². The monoisotopic (exact) mass is 289 g/mol. The maximum atomic E-state index is 12.9. The summed E-state index contributed by atoms with van der Waals surface area (Å²) in [5.74, 6) is 1.69. The lowest BCUT2D eigenvalue weighted by Crippen LogP contribution is -2.17. The van der Waals surface area contributed by atoms with E-state index in [1.165, 1.54) is 12.1 Å². The Morgan fingerprint density at radius 2 is 1.81 bits per heavy atom. The first-order valence-corrected chi connectivity index (χ1v) is 6.80. The highest BCUT2D eigenvalue weighted by Gasteiger charge is 2.19. The van der Waals surface area contributed by atoms with Crippen LogP contribution in [0.3, 0.4) is 0 Å². The summed E-state index contributed by atoms with van der Waals surface area (Å²) in [5, 5.41) is 3.21. The van der Waals surface area contributed by atoms with Crippen molar-refractivity contribution >= 4 is 5.82 Å². The van der Waals surface area contributed by atoms with Gasteiger partial charge in [-0.15, -0.1) is 0 Å². The zero-order valence-electron chi connectivity index (χ0n) is 12.8. The molecule has 0 saturated carbocycles. The number of aromatic nitrogens is 2. The van der Waals surface area contributed by atoms with Gasteiger partial charge in [-0.05, 0) is 17.7 Å². The van der Waals surface area contributed by atoms with E-state index >= 15 is 0 Å². The third kappa shape index (κ3) is 4.15. The third-order valence-corrected chi connectivity index (χ3v) is 2.97. The molecule has 0 aliphatic rings. The summed E-state index contributed by atoms with van der Waals surface area (Å²) < 4.78 is 18.1. The predicted octanol–water partition coefficient (Wildman–Crippen LogP) is 3.53. The van der Waals surface area contributed by atoms with Crippen molar-refractivity contribution in [3.8, 4) is 5.88 Å². The van der Waals surface area contributed by atoms with Gasteiger partial charge in [0.25, 0.3) is 0 Å². The number of hydrogen-bond donors (Lipinski definition) is 1. The van der Waals surface area contributed by atoms with E-state index in [2.05, 4.69) is 15.3 Å². The molecular weight excluding hydrogens is 269 g/mol. The number of nitrogens with one attached hydrogen (secondary N) is 1. The van der Waals surface area contributed by atoms with E-state index in [0.717, 1.165) is 5.56 Å². The van der Waals surface area contributed by atoms with Crippen molar-refractivity contribution in [1.29, 1.82) is 0 Å². The Morgan fingerprint density at radius 3 is 2.38 bits per heavy atom. The number of halogens is 1. The molecule has 112 valence electrons. The number of methoxy groups -OCH3 is 1. The largest absolute Gasteiger partial charge is 0.481 e. The first-order valence-electron chi connectivity index (χ1n) is 6.80. The highest BCUT2D eigenvalue weighted by Crippen LogP contribution is 2.23. The summed E-state index contributed by atoms with van der Waals surface area (Å²) in [7, 11) is 1.58. The van der Waals surface area contributed by atoms with Gasteiger partial charge in [0, 0.05) is 18.0 Å². The van der Waals surface area contributed by atoms with Crippen LogP contribution in [0.1, 0.15) is 32.2 Å². The molecule has 2 aromatic rings. The number of rotatable bonds is 4. The fourth-order valence-electron chi connectivity index (χ4n) is 1.75. The Morgan fingerprint density at radius 1 is 1.14 bits per heavy atom. The van der Waals surface area contributed by atoms with E-state index in [0.29, 0.717) is 24.1 Å². The number of benzene rings is 1. The van der Waals surface area contributed by atoms with Gasteiger partial charge in [-0.2, -0.15) is 4.98 Å². The second-order valence-electron chi connectivity index (χ2n) is 5.85. The molecule has 0 saturated heterocycles. The Hall–Kier alpha value is -2.17. The molecule has 0 spiro atoms. The Kier molecular flexibility index (Phi) is 4.40. The maximum Gasteiger partial charge on any atom is 0.218 e. The highest BCUT2D eigenvalue weighted by molar-refractivity contribution is 5.40. The predicted molar refractivity (Wildman–Crippen MR) is 81.0 cm³/mol. The fourth-order valence-corrected chi connectivity index (χ4v) is 1.75. The van der Waals surface area contributed by atoms with Gasteiger partial charge >= 0.3 is 0 Å². The maximum absolute atomic E-state index is 12.9. The van der Waals surface area contributed by atoms with E-state index in [-0.39, 0.29) is 11.2 Å². The molecule has 0 atom stereocenters. The van der Waals surface area contributed by atoms with Crippen molar-refractivity contribution in [2.45, 2.75) is 32.7 Å². The molecule has 0 radical (unpaired) electrons. The van der Waals surface area contributed by atoms with E-state index in [4.69, 9.17) is 4.74 Å². The average molecular weight is 289 g/mol. The molecule has 4 nitrogen and oxygen atoms in total. The zero-order chi connectivity index (χ0) is 15.5. The molecule has 5 heteroatoms. The first-order chi connectivity index (χ1) is 9.88. The van der Waals surface area contributed by atoms with Gasteiger partial charge in [0.15, 0.2) is 0 Å². The SMILES string of the molecule is COc1cc(NCc2ccc(F)cc2)nc(C(C)(C)C)n1. The van der Waals surface area contributed by atoms with Crippen LogP contribution in [-0.2, 0) is 12.0 Å². The molecular formula is C16H20FN3O. The van der Waals surface area contributed by atoms with Gasteiger partial charge in [0.2, 0.25) is 5.88 Å². The molecule has 0 amide bonds. The minimum atomic E-state index is -0.238. The van der Waals surface area contributed by atoms with E-state index < -0.39 is 0 Å². The van der Waals surface area contributed by atoms with Gasteiger partial charge in [-0.1, -0.05) is 32.9 Å². The van der Waals surface area contributed by atoms with Crippen molar-refractivity contribution in [2.75, 3.05) is 12.4 Å². The van der Waals surface area contributed by atoms with Crippen LogP contribution in [0.25, 0.3) is 0 Å². The van der Waals surface area contributed by atoms with Gasteiger partial charge in [0.05, 0.1) is 7.11 Å². The molecule has 2 rings (SSSR count). The van der Waals surface area contributed by atoms with Crippen LogP contribution >= 0.6 is 0 Å². The summed E-state index contributed by atoms with van der Waals surface area (Å²) in [5.41, 5.74) is 0.812. The lowest BCUT2D eigenvalue weighted by Gasteiger charge is -2.18. The Labute approximate surface area is 124 Å². The normalized spacial score (nSPS) is 11.3. The molecule has 1 N–H and O–H groups in total. The Bertz CT molecular complexity index is 606. The Balaban J connectivity index is 2.17. The number of anilines is 1. The van der Waals surface area contributed by atoms with Crippen LogP contribution in [0.4, 0.5) is 10.2 Å².